The molecule has 92 valence electrons. The maximum absolute atomic E-state index is 10.9. The van der Waals surface area contributed by atoms with Gasteiger partial charge in [0, 0.05) is 15.6 Å². The first kappa shape index (κ1) is 12.9. The predicted molar refractivity (Wildman–Crippen MR) is 72.6 cm³/mol. The van der Waals surface area contributed by atoms with Gasteiger partial charge in [0.1, 0.15) is 12.4 Å². The molecule has 0 radical (unpaired) electrons. The van der Waals surface area contributed by atoms with E-state index in [1.807, 2.05) is 18.2 Å². The molecule has 0 N–H and O–H groups in total. The summed E-state index contributed by atoms with van der Waals surface area (Å²) in [5.74, 6) is 0.495. The Morgan fingerprint density at radius 1 is 1.11 bits per heavy atom. The highest BCUT2D eigenvalue weighted by atomic mass is 35.5. The summed E-state index contributed by atoms with van der Waals surface area (Å²) in [4.78, 5) is 10.9. The molecule has 0 bridgehead atoms. The zero-order valence-electron chi connectivity index (χ0n) is 9.40. The lowest BCUT2D eigenvalue weighted by Gasteiger charge is -2.09. The summed E-state index contributed by atoms with van der Waals surface area (Å²) in [6.07, 6.45) is 0.716. The summed E-state index contributed by atoms with van der Waals surface area (Å²) in [7, 11) is 0. The van der Waals surface area contributed by atoms with E-state index in [1.54, 1.807) is 24.3 Å². The second-order valence-corrected chi connectivity index (χ2v) is 4.52. The average molecular weight is 281 g/mol. The number of ether oxygens (including phenoxy) is 1. The third-order valence-corrected chi connectivity index (χ3v) is 3.04. The summed E-state index contributed by atoms with van der Waals surface area (Å²) in [6, 6.07) is 12.3. The molecule has 0 saturated carbocycles. The van der Waals surface area contributed by atoms with Crippen LogP contribution in [-0.2, 0) is 6.61 Å². The largest absolute Gasteiger partial charge is 0.488 e. The summed E-state index contributed by atoms with van der Waals surface area (Å²) < 4.78 is 5.58. The normalized spacial score (nSPS) is 10.1. The highest BCUT2D eigenvalue weighted by molar-refractivity contribution is 6.31. The minimum Gasteiger partial charge on any atom is -0.488 e. The van der Waals surface area contributed by atoms with Crippen molar-refractivity contribution in [2.45, 2.75) is 6.61 Å². The Morgan fingerprint density at radius 2 is 1.89 bits per heavy atom. The number of hydrogen-bond donors (Lipinski definition) is 0. The van der Waals surface area contributed by atoms with E-state index in [9.17, 15) is 4.79 Å². The van der Waals surface area contributed by atoms with Crippen LogP contribution in [0, 0.1) is 0 Å². The Bertz CT molecular complexity index is 567. The number of carbonyl (C=O) groups is 1. The van der Waals surface area contributed by atoms with Crippen molar-refractivity contribution in [3.05, 3.63) is 63.6 Å². The van der Waals surface area contributed by atoms with Crippen LogP contribution in [0.4, 0.5) is 0 Å². The summed E-state index contributed by atoms with van der Waals surface area (Å²) in [5.41, 5.74) is 1.29. The fourth-order valence-electron chi connectivity index (χ4n) is 1.51. The molecule has 0 aliphatic rings. The number of aldehydes is 1. The molecule has 0 fully saturated rings. The molecule has 0 heterocycles. The molecule has 2 rings (SSSR count). The third-order valence-electron chi connectivity index (χ3n) is 2.44. The number of hydrogen-bond acceptors (Lipinski definition) is 2. The van der Waals surface area contributed by atoms with E-state index < -0.39 is 0 Å². The van der Waals surface area contributed by atoms with Crippen molar-refractivity contribution in [1.82, 2.24) is 0 Å². The van der Waals surface area contributed by atoms with Crippen LogP contribution < -0.4 is 4.74 Å². The highest BCUT2D eigenvalue weighted by Crippen LogP contribution is 2.23. The monoisotopic (exact) mass is 280 g/mol. The van der Waals surface area contributed by atoms with E-state index >= 15 is 0 Å². The van der Waals surface area contributed by atoms with Crippen molar-refractivity contribution in [3.8, 4) is 5.75 Å². The van der Waals surface area contributed by atoms with Crippen molar-refractivity contribution in [3.63, 3.8) is 0 Å². The summed E-state index contributed by atoms with van der Waals surface area (Å²) in [5, 5.41) is 1.14. The molecule has 2 aromatic rings. The van der Waals surface area contributed by atoms with Gasteiger partial charge in [-0.3, -0.25) is 4.79 Å². The van der Waals surface area contributed by atoms with E-state index in [1.165, 1.54) is 0 Å². The Balaban J connectivity index is 2.16. The van der Waals surface area contributed by atoms with Crippen LogP contribution in [0.3, 0.4) is 0 Å². The van der Waals surface area contributed by atoms with Crippen molar-refractivity contribution < 1.29 is 9.53 Å². The van der Waals surface area contributed by atoms with Gasteiger partial charge in [-0.2, -0.15) is 0 Å². The smallest absolute Gasteiger partial charge is 0.153 e. The third kappa shape index (κ3) is 3.03. The van der Waals surface area contributed by atoms with Gasteiger partial charge in [0.2, 0.25) is 0 Å². The van der Waals surface area contributed by atoms with Gasteiger partial charge in [0.15, 0.2) is 6.29 Å². The Kier molecular flexibility index (Phi) is 4.24. The van der Waals surface area contributed by atoms with Gasteiger partial charge in [0.05, 0.1) is 5.56 Å². The lowest BCUT2D eigenvalue weighted by molar-refractivity contribution is 0.111. The summed E-state index contributed by atoms with van der Waals surface area (Å²) in [6.45, 7) is 0.308. The van der Waals surface area contributed by atoms with Crippen molar-refractivity contribution in [2.75, 3.05) is 0 Å². The first-order valence-corrected chi connectivity index (χ1v) is 6.07. The number of rotatable bonds is 4. The minimum absolute atomic E-state index is 0.308. The molecule has 0 saturated heterocycles. The van der Waals surface area contributed by atoms with E-state index in [0.29, 0.717) is 34.3 Å². The first-order chi connectivity index (χ1) is 8.70. The van der Waals surface area contributed by atoms with Crippen LogP contribution in [0.5, 0.6) is 5.75 Å². The average Bonchev–Trinajstić information content (AvgIpc) is 2.39. The van der Waals surface area contributed by atoms with Gasteiger partial charge in [-0.1, -0.05) is 41.4 Å². The molecule has 0 spiro atoms. The number of carbonyl (C=O) groups excluding carboxylic acids is 1. The zero-order valence-corrected chi connectivity index (χ0v) is 10.9. The van der Waals surface area contributed by atoms with Gasteiger partial charge in [0.25, 0.3) is 0 Å². The maximum atomic E-state index is 10.9. The molecule has 18 heavy (non-hydrogen) atoms. The van der Waals surface area contributed by atoms with Gasteiger partial charge in [-0.05, 0) is 24.3 Å². The Hall–Kier alpha value is -1.51. The second kappa shape index (κ2) is 5.89. The lowest BCUT2D eigenvalue weighted by Crippen LogP contribution is -1.98. The van der Waals surface area contributed by atoms with Crippen LogP contribution in [-0.4, -0.2) is 6.29 Å². The maximum Gasteiger partial charge on any atom is 0.153 e. The quantitative estimate of drug-likeness (QED) is 0.777. The van der Waals surface area contributed by atoms with E-state index in [4.69, 9.17) is 27.9 Å². The molecule has 0 aliphatic carbocycles. The van der Waals surface area contributed by atoms with Gasteiger partial charge < -0.3 is 4.74 Å². The predicted octanol–water partition coefficient (Wildman–Crippen LogP) is 4.38. The SMILES string of the molecule is O=Cc1cc(Cl)ccc1OCc1ccccc1Cl. The van der Waals surface area contributed by atoms with Crippen LogP contribution >= 0.6 is 23.2 Å². The molecule has 0 amide bonds. The first-order valence-electron chi connectivity index (χ1n) is 5.31. The topological polar surface area (TPSA) is 26.3 Å². The highest BCUT2D eigenvalue weighted by Gasteiger charge is 2.05. The van der Waals surface area contributed by atoms with Gasteiger partial charge in [-0.15, -0.1) is 0 Å². The Labute approximate surface area is 115 Å². The molecule has 0 aliphatic heterocycles. The fraction of sp³-hybridized carbons (Fsp3) is 0.0714. The molecule has 0 atom stereocenters. The molecule has 2 aromatic carbocycles. The van der Waals surface area contributed by atoms with Crippen LogP contribution in [0.1, 0.15) is 15.9 Å². The standard InChI is InChI=1S/C14H10Cl2O2/c15-12-5-6-14(11(7-12)8-17)18-9-10-3-1-2-4-13(10)16/h1-8H,9H2. The van der Waals surface area contributed by atoms with Gasteiger partial charge >= 0.3 is 0 Å². The molecule has 0 aromatic heterocycles. The van der Waals surface area contributed by atoms with Crippen LogP contribution in [0.25, 0.3) is 0 Å². The van der Waals surface area contributed by atoms with Crippen molar-refractivity contribution in [1.29, 1.82) is 0 Å². The summed E-state index contributed by atoms with van der Waals surface area (Å²) >= 11 is 11.8. The molecule has 0 unspecified atom stereocenters. The Morgan fingerprint density at radius 3 is 2.61 bits per heavy atom. The molecular weight excluding hydrogens is 271 g/mol. The minimum atomic E-state index is 0.308. The molecule has 2 nitrogen and oxygen atoms in total. The van der Waals surface area contributed by atoms with E-state index in [0.717, 1.165) is 5.56 Å². The van der Waals surface area contributed by atoms with Crippen molar-refractivity contribution in [2.24, 2.45) is 0 Å². The zero-order chi connectivity index (χ0) is 13.0. The molecule has 4 heteroatoms. The van der Waals surface area contributed by atoms with E-state index in [2.05, 4.69) is 0 Å². The van der Waals surface area contributed by atoms with E-state index in [-0.39, 0.29) is 0 Å². The van der Waals surface area contributed by atoms with Crippen LogP contribution in [0.2, 0.25) is 10.0 Å². The number of halogens is 2. The number of benzene rings is 2. The van der Waals surface area contributed by atoms with Crippen molar-refractivity contribution >= 4 is 29.5 Å². The fourth-order valence-corrected chi connectivity index (χ4v) is 1.88. The van der Waals surface area contributed by atoms with Gasteiger partial charge in [-0.25, -0.2) is 0 Å². The lowest BCUT2D eigenvalue weighted by atomic mass is 10.2. The van der Waals surface area contributed by atoms with Crippen LogP contribution in [0.15, 0.2) is 42.5 Å². The second-order valence-electron chi connectivity index (χ2n) is 3.68. The molecular formula is C14H10Cl2O2.